The zero-order valence-corrected chi connectivity index (χ0v) is 6.80. The second-order valence-electron chi connectivity index (χ2n) is 0.201. The Morgan fingerprint density at radius 2 is 1.40 bits per heavy atom. The third-order valence-electron chi connectivity index (χ3n) is 0. The number of halogens is 1. The zero-order valence-electron chi connectivity index (χ0n) is 2.64. The van der Waals surface area contributed by atoms with E-state index in [1.807, 2.05) is 0 Å². The summed E-state index contributed by atoms with van der Waals surface area (Å²) in [4.78, 5) is 0. The van der Waals surface area contributed by atoms with Crippen LogP contribution in [0.4, 0.5) is 0 Å². The fourth-order valence-electron chi connectivity index (χ4n) is 0. The summed E-state index contributed by atoms with van der Waals surface area (Å²) in [6.07, 6.45) is 0. The van der Waals surface area contributed by atoms with Crippen LogP contribution >= 0.6 is 0 Å². The second-order valence-corrected chi connectivity index (χ2v) is 1.35. The predicted octanol–water partition coefficient (Wildman–Crippen LogP) is -8.93. The van der Waals surface area contributed by atoms with Crippen LogP contribution in [0.2, 0.25) is 0 Å². The van der Waals surface area contributed by atoms with Crippen molar-refractivity contribution < 1.29 is 60.9 Å². The summed E-state index contributed by atoms with van der Waals surface area (Å²) in [5, 5.41) is 0. The summed E-state index contributed by atoms with van der Waals surface area (Å²) in [5.74, 6) is 0. The van der Waals surface area contributed by atoms with Crippen LogP contribution in [0.15, 0.2) is 0 Å². The van der Waals surface area contributed by atoms with Gasteiger partial charge < -0.3 is 6.87 Å². The van der Waals surface area contributed by atoms with Crippen LogP contribution in [0, 0.1) is 0 Å². The molecule has 1 N–H and O–H groups in total. The molecule has 0 aromatic heterocycles. The molecule has 5 heteroatoms. The molecule has 0 amide bonds. The van der Waals surface area contributed by atoms with Gasteiger partial charge in [-0.1, -0.05) is 0 Å². The smallest absolute Gasteiger partial charge is 0.396 e. The molecule has 0 spiro atoms. The molecular weight excluding hydrogens is 198 g/mol. The molecule has 0 radical (unpaired) electrons. The third-order valence-corrected chi connectivity index (χ3v) is 0. The minimum absolute atomic E-state index is 0. The Morgan fingerprint density at radius 1 is 1.40 bits per heavy atom. The fourth-order valence-corrected chi connectivity index (χ4v) is 0. The van der Waals surface area contributed by atoms with E-state index in [2.05, 4.69) is 0 Å². The molecule has 0 fully saturated rings. The van der Waals surface area contributed by atoms with Crippen LogP contribution in [-0.2, 0) is 0 Å². The van der Waals surface area contributed by atoms with Crippen LogP contribution < -0.4 is 57.5 Å². The van der Waals surface area contributed by atoms with Gasteiger partial charge in [0.15, 0.2) is 0 Å². The molecule has 0 unspecified atom stereocenters. The van der Waals surface area contributed by atoms with Gasteiger partial charge in [0.05, 0.1) is 0 Å². The van der Waals surface area contributed by atoms with E-state index in [1.165, 1.54) is 0 Å². The summed E-state index contributed by atoms with van der Waals surface area (Å²) >= 11 is -3.76. The van der Waals surface area contributed by atoms with Crippen molar-refractivity contribution in [2.24, 2.45) is 0 Å². The molecule has 0 aromatic carbocycles. The largest absolute Gasteiger partial charge is 1.00 e. The van der Waals surface area contributed by atoms with Gasteiger partial charge in [-0.15, -0.1) is 0 Å². The van der Waals surface area contributed by atoms with E-state index < -0.39 is 21.1 Å². The van der Waals surface area contributed by atoms with E-state index in [-0.39, 0.29) is 29.6 Å². The molecule has 0 aliphatic carbocycles. The Bertz CT molecular complexity index is 11.6. The van der Waals surface area contributed by atoms with Crippen molar-refractivity contribution in [2.45, 2.75) is 0 Å². The van der Waals surface area contributed by atoms with E-state index in [0.717, 1.165) is 0 Å². The summed E-state index contributed by atoms with van der Waals surface area (Å²) in [6, 6.07) is 0. The van der Waals surface area contributed by atoms with E-state index in [0.29, 0.717) is 0 Å². The van der Waals surface area contributed by atoms with Gasteiger partial charge in [-0.25, -0.2) is 0 Å². The van der Waals surface area contributed by atoms with E-state index in [1.54, 1.807) is 0 Å². The maximum atomic E-state index is 8.68. The first kappa shape index (κ1) is 9.79. The molecule has 5 heavy (non-hydrogen) atoms. The molecule has 0 aliphatic rings. The van der Waals surface area contributed by atoms with E-state index >= 15 is 0 Å². The first-order valence-corrected chi connectivity index (χ1v) is 3.20. The van der Waals surface area contributed by atoms with Crippen molar-refractivity contribution in [3.8, 4) is 0 Å². The standard InChI is InChI=1S/HIO3.Na/c2-1(3)4;/h2H;/q;+1. The minimum Gasteiger partial charge on any atom is -0.396 e. The summed E-state index contributed by atoms with van der Waals surface area (Å²) in [7, 11) is 0. The second kappa shape index (κ2) is 5.61. The Hall–Kier alpha value is 1.61. The van der Waals surface area contributed by atoms with Gasteiger partial charge in [0.25, 0.3) is 0 Å². The quantitative estimate of drug-likeness (QED) is 0.311. The average molecular weight is 199 g/mol. The Balaban J connectivity index is 0. The van der Waals surface area contributed by atoms with Crippen LogP contribution in [0.5, 0.6) is 0 Å². The first-order chi connectivity index (χ1) is 1.73. The molecule has 26 valence electrons. The first-order valence-electron chi connectivity index (χ1n) is 0.478. The van der Waals surface area contributed by atoms with Gasteiger partial charge >= 0.3 is 50.6 Å². The topological polar surface area (TPSA) is 66.3 Å². The van der Waals surface area contributed by atoms with Gasteiger partial charge in [0, 0.05) is 0 Å². The summed E-state index contributed by atoms with van der Waals surface area (Å²) in [6.45, 7) is 0. The van der Waals surface area contributed by atoms with Gasteiger partial charge in [0.1, 0.15) is 0 Å². The van der Waals surface area contributed by atoms with Crippen LogP contribution in [0.3, 0.4) is 0 Å². The molecule has 0 rings (SSSR count). The van der Waals surface area contributed by atoms with Crippen molar-refractivity contribution in [1.82, 2.24) is 0 Å². The van der Waals surface area contributed by atoms with Gasteiger partial charge in [0.2, 0.25) is 0 Å². The van der Waals surface area contributed by atoms with Crippen molar-refractivity contribution >= 4 is 0 Å². The molecule has 0 saturated heterocycles. The van der Waals surface area contributed by atoms with Gasteiger partial charge in [-0.3, -0.25) is 0 Å². The number of hydrogen-bond donors (Lipinski definition) is 1. The molecule has 0 saturated carbocycles. The van der Waals surface area contributed by atoms with Crippen molar-refractivity contribution in [3.05, 3.63) is 0 Å². The molecular formula is HINaO3+. The van der Waals surface area contributed by atoms with Crippen LogP contribution in [0.25, 0.3) is 0 Å². The Morgan fingerprint density at radius 3 is 1.40 bits per heavy atom. The maximum absolute atomic E-state index is 8.68. The van der Waals surface area contributed by atoms with Gasteiger partial charge in [-0.05, 0) is 3.44 Å². The SMILES string of the molecule is [Na+].[O-][I+2]([O-])O. The molecule has 0 bridgehead atoms. The fraction of sp³-hybridized carbons (Fsp3) is 0. The van der Waals surface area contributed by atoms with Crippen molar-refractivity contribution in [1.29, 1.82) is 0 Å². The van der Waals surface area contributed by atoms with Crippen LogP contribution in [0.1, 0.15) is 0 Å². The predicted molar refractivity (Wildman–Crippen MR) is 2.22 cm³/mol. The number of rotatable bonds is 0. The maximum Gasteiger partial charge on any atom is 1.00 e. The van der Waals surface area contributed by atoms with E-state index in [4.69, 9.17) is 10.3 Å². The molecule has 0 aromatic rings. The minimum atomic E-state index is -3.76. The molecule has 3 nitrogen and oxygen atoms in total. The average Bonchev–Trinajstić information content (AvgIpc) is 0.811. The molecule has 0 atom stereocenters. The normalized spacial score (nSPS) is 7.20. The number of hydrogen-bond acceptors (Lipinski definition) is 3. The van der Waals surface area contributed by atoms with Crippen molar-refractivity contribution in [2.75, 3.05) is 0 Å². The van der Waals surface area contributed by atoms with Gasteiger partial charge in [-0.2, -0.15) is 0 Å². The zero-order chi connectivity index (χ0) is 3.58. The Kier molecular flexibility index (Phi) is 11.0. The Labute approximate surface area is 60.3 Å². The summed E-state index contributed by atoms with van der Waals surface area (Å²) in [5.41, 5.74) is 0. The summed E-state index contributed by atoms with van der Waals surface area (Å²) < 4.78 is 24.5. The third kappa shape index (κ3) is 28.2. The monoisotopic (exact) mass is 199 g/mol. The van der Waals surface area contributed by atoms with E-state index in [9.17, 15) is 0 Å². The van der Waals surface area contributed by atoms with Crippen LogP contribution in [-0.4, -0.2) is 3.44 Å². The van der Waals surface area contributed by atoms with Crippen molar-refractivity contribution in [3.63, 3.8) is 0 Å². The molecule has 0 aliphatic heterocycles. The molecule has 0 heterocycles.